The first-order valence-corrected chi connectivity index (χ1v) is 10.5. The van der Waals surface area contributed by atoms with Crippen LogP contribution < -0.4 is 10.2 Å². The molecule has 1 aromatic heterocycles. The highest BCUT2D eigenvalue weighted by Gasteiger charge is 2.36. The smallest absolute Gasteiger partial charge is 0.303 e. The van der Waals surface area contributed by atoms with Crippen molar-refractivity contribution < 1.29 is 14.7 Å². The first-order valence-electron chi connectivity index (χ1n) is 9.43. The number of hydrogen-bond donors (Lipinski definition) is 3. The van der Waals surface area contributed by atoms with E-state index in [0.29, 0.717) is 10.8 Å². The second-order valence-corrected chi connectivity index (χ2v) is 7.66. The van der Waals surface area contributed by atoms with Crippen molar-refractivity contribution in [3.63, 3.8) is 0 Å². The van der Waals surface area contributed by atoms with Crippen LogP contribution >= 0.6 is 24.8 Å². The monoisotopic (exact) mass is 433 g/mol. The van der Waals surface area contributed by atoms with Crippen LogP contribution in [0.5, 0.6) is 0 Å². The number of thiocarbonyl (C=S) groups is 1. The van der Waals surface area contributed by atoms with Crippen LogP contribution in [0.15, 0.2) is 30.5 Å². The van der Waals surface area contributed by atoms with Crippen molar-refractivity contribution in [2.75, 3.05) is 10.7 Å². The number of carbonyl (C=O) groups is 2. The number of aliphatic carboxylic acids is 1. The maximum absolute atomic E-state index is 12.6. The van der Waals surface area contributed by atoms with Crippen LogP contribution in [0.3, 0.4) is 0 Å². The van der Waals surface area contributed by atoms with Gasteiger partial charge in [0.2, 0.25) is 0 Å². The molecule has 10 heteroatoms. The molecule has 29 heavy (non-hydrogen) atoms. The molecule has 2 N–H and O–H groups in total. The minimum Gasteiger partial charge on any atom is -0.481 e. The zero-order valence-corrected chi connectivity index (χ0v) is 17.5. The lowest BCUT2D eigenvalue weighted by Gasteiger charge is -2.15. The van der Waals surface area contributed by atoms with Crippen LogP contribution in [0, 0.1) is 0 Å². The van der Waals surface area contributed by atoms with Crippen molar-refractivity contribution in [2.24, 2.45) is 0 Å². The number of rotatable bonds is 10. The molecule has 1 amide bonds. The van der Waals surface area contributed by atoms with Gasteiger partial charge in [-0.05, 0) is 61.4 Å². The minimum atomic E-state index is -0.935. The Balaban J connectivity index is 1.57. The Labute approximate surface area is 179 Å². The Bertz CT molecular complexity index is 884. The van der Waals surface area contributed by atoms with Crippen molar-refractivity contribution in [3.05, 3.63) is 41.7 Å². The van der Waals surface area contributed by atoms with Gasteiger partial charge in [-0.3, -0.25) is 19.2 Å². The molecule has 154 valence electrons. The first-order chi connectivity index (χ1) is 14.0. The van der Waals surface area contributed by atoms with Crippen molar-refractivity contribution in [3.8, 4) is 0 Å². The number of aromatic nitrogens is 3. The van der Waals surface area contributed by atoms with E-state index in [1.807, 2.05) is 35.1 Å². The summed E-state index contributed by atoms with van der Waals surface area (Å²) in [5.74, 6) is -0.336. The van der Waals surface area contributed by atoms with E-state index >= 15 is 0 Å². The zero-order chi connectivity index (χ0) is 20.8. The molecule has 1 atom stereocenters. The van der Waals surface area contributed by atoms with E-state index in [9.17, 15) is 9.59 Å². The molecule has 1 aliphatic rings. The lowest BCUT2D eigenvalue weighted by molar-refractivity contribution is -0.137. The summed E-state index contributed by atoms with van der Waals surface area (Å²) in [6.45, 7) is 0.816. The predicted molar refractivity (Wildman–Crippen MR) is 116 cm³/mol. The van der Waals surface area contributed by atoms with Gasteiger partial charge in [0, 0.05) is 19.2 Å². The van der Waals surface area contributed by atoms with Crippen LogP contribution in [0.1, 0.15) is 30.5 Å². The molecule has 1 saturated heterocycles. The molecular formula is C19H23N5O3S2. The van der Waals surface area contributed by atoms with Gasteiger partial charge in [0.25, 0.3) is 5.91 Å². The van der Waals surface area contributed by atoms with E-state index in [-0.39, 0.29) is 18.7 Å². The Morgan fingerprint density at radius 1 is 1.28 bits per heavy atom. The highest BCUT2D eigenvalue weighted by atomic mass is 32.1. The number of aryl methyl sites for hydroxylation is 3. The van der Waals surface area contributed by atoms with Gasteiger partial charge in [0.1, 0.15) is 6.04 Å². The van der Waals surface area contributed by atoms with Crippen LogP contribution in [-0.4, -0.2) is 48.9 Å². The Kier molecular flexibility index (Phi) is 7.21. The molecule has 0 spiro atoms. The van der Waals surface area contributed by atoms with E-state index < -0.39 is 12.0 Å². The van der Waals surface area contributed by atoms with Crippen molar-refractivity contribution in [1.29, 1.82) is 0 Å². The molecule has 2 heterocycles. The van der Waals surface area contributed by atoms with Crippen LogP contribution in [0.25, 0.3) is 0 Å². The lowest BCUT2D eigenvalue weighted by atomic mass is 10.1. The Morgan fingerprint density at radius 2 is 2.03 bits per heavy atom. The number of hydrogen-bond acceptors (Lipinski definition) is 6. The molecule has 0 bridgehead atoms. The average molecular weight is 434 g/mol. The van der Waals surface area contributed by atoms with Crippen molar-refractivity contribution >= 4 is 47.5 Å². The molecule has 0 saturated carbocycles. The summed E-state index contributed by atoms with van der Waals surface area (Å²) in [6.07, 6.45) is 4.62. The normalized spacial score (nSPS) is 16.3. The molecule has 1 aliphatic heterocycles. The quantitative estimate of drug-likeness (QED) is 0.388. The molecule has 1 fully saturated rings. The summed E-state index contributed by atoms with van der Waals surface area (Å²) in [7, 11) is 0. The number of nitrogens with one attached hydrogen (secondary N) is 1. The molecule has 3 rings (SSSR count). The number of carboxylic acids is 1. The van der Waals surface area contributed by atoms with Gasteiger partial charge in [0.05, 0.1) is 11.4 Å². The summed E-state index contributed by atoms with van der Waals surface area (Å²) in [5, 5.41) is 20.3. The maximum atomic E-state index is 12.6. The predicted octanol–water partition coefficient (Wildman–Crippen LogP) is 1.84. The fourth-order valence-corrected chi connectivity index (χ4v) is 3.60. The number of benzene rings is 1. The summed E-state index contributed by atoms with van der Waals surface area (Å²) >= 11 is 9.46. The number of amides is 1. The molecular weight excluding hydrogens is 410 g/mol. The van der Waals surface area contributed by atoms with Crippen LogP contribution in [0.2, 0.25) is 0 Å². The SMILES string of the molecule is O=C(O)CCC1NC(=S)N(c2ccc(CCc3cn(CCCS)nn3)cc2)C1=O. The first kappa shape index (κ1) is 21.3. The molecule has 8 nitrogen and oxygen atoms in total. The summed E-state index contributed by atoms with van der Waals surface area (Å²) < 4.78 is 1.84. The van der Waals surface area contributed by atoms with E-state index in [4.69, 9.17) is 17.3 Å². The Morgan fingerprint density at radius 3 is 2.72 bits per heavy atom. The van der Waals surface area contributed by atoms with E-state index in [0.717, 1.165) is 42.8 Å². The van der Waals surface area contributed by atoms with Gasteiger partial charge in [-0.1, -0.05) is 17.3 Å². The fraction of sp³-hybridized carbons (Fsp3) is 0.421. The standard InChI is InChI=1S/C19H23N5O3S2/c25-17(26)9-8-16-18(27)24(19(29)20-16)15-6-3-13(4-7-15)2-5-14-12-23(22-21-14)10-1-11-28/h3-4,6-7,12,16,28H,1-2,5,8-11H2,(H,20,29)(H,25,26). The van der Waals surface area contributed by atoms with Gasteiger partial charge >= 0.3 is 5.97 Å². The van der Waals surface area contributed by atoms with Crippen LogP contribution in [-0.2, 0) is 29.0 Å². The second kappa shape index (κ2) is 9.84. The number of nitrogens with zero attached hydrogens (tertiary/aromatic N) is 4. The minimum absolute atomic E-state index is 0.0853. The lowest BCUT2D eigenvalue weighted by Crippen LogP contribution is -2.31. The van der Waals surface area contributed by atoms with Gasteiger partial charge in [-0.15, -0.1) is 5.10 Å². The summed E-state index contributed by atoms with van der Waals surface area (Å²) in [5.41, 5.74) is 2.73. The van der Waals surface area contributed by atoms with E-state index in [1.54, 1.807) is 0 Å². The molecule has 0 aliphatic carbocycles. The third kappa shape index (κ3) is 5.54. The second-order valence-electron chi connectivity index (χ2n) is 6.82. The van der Waals surface area contributed by atoms with Gasteiger partial charge in [-0.2, -0.15) is 12.6 Å². The van der Waals surface area contributed by atoms with Crippen molar-refractivity contribution in [1.82, 2.24) is 20.3 Å². The highest BCUT2D eigenvalue weighted by Crippen LogP contribution is 2.22. The van der Waals surface area contributed by atoms with E-state index in [1.165, 1.54) is 4.90 Å². The largest absolute Gasteiger partial charge is 0.481 e. The number of anilines is 1. The van der Waals surface area contributed by atoms with Gasteiger partial charge in [0.15, 0.2) is 5.11 Å². The fourth-order valence-electron chi connectivity index (χ4n) is 3.12. The van der Waals surface area contributed by atoms with Crippen LogP contribution in [0.4, 0.5) is 5.69 Å². The summed E-state index contributed by atoms with van der Waals surface area (Å²) in [4.78, 5) is 24.7. The molecule has 2 aromatic rings. The molecule has 1 unspecified atom stereocenters. The Hall–Kier alpha value is -2.46. The van der Waals surface area contributed by atoms with E-state index in [2.05, 4.69) is 28.3 Å². The zero-order valence-electron chi connectivity index (χ0n) is 15.8. The third-order valence-corrected chi connectivity index (χ3v) is 5.28. The molecule has 0 radical (unpaired) electrons. The molecule has 1 aromatic carbocycles. The van der Waals surface area contributed by atoms with Crippen molar-refractivity contribution in [2.45, 2.75) is 44.7 Å². The summed E-state index contributed by atoms with van der Waals surface area (Å²) in [6, 6.07) is 7.03. The van der Waals surface area contributed by atoms with Gasteiger partial charge in [-0.25, -0.2) is 0 Å². The maximum Gasteiger partial charge on any atom is 0.303 e. The number of thiol groups is 1. The topological polar surface area (TPSA) is 100 Å². The number of carboxylic acid groups (broad SMARTS) is 1. The third-order valence-electron chi connectivity index (χ3n) is 4.66. The highest BCUT2D eigenvalue weighted by molar-refractivity contribution is 7.80. The number of carbonyl (C=O) groups excluding carboxylic acids is 1. The van der Waals surface area contributed by atoms with Gasteiger partial charge < -0.3 is 10.4 Å². The average Bonchev–Trinajstić information content (AvgIpc) is 3.27.